The van der Waals surface area contributed by atoms with Crippen molar-refractivity contribution in [3.8, 4) is 5.75 Å². The molecule has 1 atom stereocenters. The molecule has 0 aliphatic carbocycles. The van der Waals surface area contributed by atoms with Crippen LogP contribution in [0, 0.1) is 0 Å². The van der Waals surface area contributed by atoms with Crippen molar-refractivity contribution in [2.45, 2.75) is 39.7 Å². The fourth-order valence-corrected chi connectivity index (χ4v) is 6.12. The fraction of sp³-hybridized carbons (Fsp3) is 0.310. The molecule has 2 aliphatic heterocycles. The Morgan fingerprint density at radius 2 is 1.82 bits per heavy atom. The second kappa shape index (κ2) is 10.4. The number of para-hydroxylation sites is 1. The average Bonchev–Trinajstić information content (AvgIpc) is 3.38. The number of carbonyl (C=O) groups is 2. The van der Waals surface area contributed by atoms with Crippen LogP contribution in [0.25, 0.3) is 5.57 Å². The molecule has 0 bridgehead atoms. The molecule has 1 aromatic heterocycles. The minimum Gasteiger partial charge on any atom is -0.497 e. The molecule has 0 fully saturated rings. The van der Waals surface area contributed by atoms with Gasteiger partial charge in [-0.2, -0.15) is 0 Å². The molecule has 2 aliphatic rings. The smallest absolute Gasteiger partial charge is 0.338 e. The van der Waals surface area contributed by atoms with Gasteiger partial charge in [-0.3, -0.25) is 14.2 Å². The summed E-state index contributed by atoms with van der Waals surface area (Å²) in [5, 5.41) is 0. The summed E-state index contributed by atoms with van der Waals surface area (Å²) in [6, 6.07) is 14.0. The Labute approximate surface area is 224 Å². The Hall–Kier alpha value is -3.98. The molecule has 0 saturated carbocycles. The van der Waals surface area contributed by atoms with E-state index in [1.165, 1.54) is 15.9 Å². The lowest BCUT2D eigenvalue weighted by molar-refractivity contribution is -0.139. The number of amides is 1. The number of allylic oxidation sites excluding steroid dienone is 1. The molecule has 1 amide bonds. The molecule has 1 unspecified atom stereocenters. The average molecular weight is 532 g/mol. The van der Waals surface area contributed by atoms with E-state index in [2.05, 4.69) is 11.9 Å². The van der Waals surface area contributed by atoms with E-state index in [1.807, 2.05) is 36.4 Å². The number of rotatable bonds is 7. The molecule has 2 aromatic carbocycles. The molecule has 38 heavy (non-hydrogen) atoms. The molecule has 9 heteroatoms. The number of thiazole rings is 1. The summed E-state index contributed by atoms with van der Waals surface area (Å²) in [5.74, 6) is -0.0603. The third kappa shape index (κ3) is 4.16. The van der Waals surface area contributed by atoms with Crippen molar-refractivity contribution in [3.05, 3.63) is 90.6 Å². The summed E-state index contributed by atoms with van der Waals surface area (Å²) in [5.41, 5.74) is 3.05. The Morgan fingerprint density at radius 1 is 1.08 bits per heavy atom. The zero-order valence-electron chi connectivity index (χ0n) is 21.8. The van der Waals surface area contributed by atoms with Crippen molar-refractivity contribution in [1.82, 2.24) is 4.57 Å². The molecular weight excluding hydrogens is 502 g/mol. The zero-order valence-corrected chi connectivity index (χ0v) is 22.6. The monoisotopic (exact) mass is 531 g/mol. The summed E-state index contributed by atoms with van der Waals surface area (Å²) in [6.07, 6.45) is 1.80. The van der Waals surface area contributed by atoms with Crippen LogP contribution < -0.4 is 24.5 Å². The molecule has 0 saturated heterocycles. The van der Waals surface area contributed by atoms with Crippen molar-refractivity contribution in [2.24, 2.45) is 4.99 Å². The Kier molecular flexibility index (Phi) is 7.03. The van der Waals surface area contributed by atoms with Crippen LogP contribution in [-0.4, -0.2) is 36.7 Å². The van der Waals surface area contributed by atoms with Gasteiger partial charge in [0, 0.05) is 12.1 Å². The normalized spacial score (nSPS) is 17.7. The third-order valence-corrected chi connectivity index (χ3v) is 7.86. The number of methoxy groups -OCH3 is 1. The molecule has 3 aromatic rings. The van der Waals surface area contributed by atoms with Crippen LogP contribution in [0.5, 0.6) is 5.75 Å². The van der Waals surface area contributed by atoms with Gasteiger partial charge in [-0.1, -0.05) is 55.0 Å². The maximum atomic E-state index is 14.1. The number of anilines is 1. The van der Waals surface area contributed by atoms with Crippen molar-refractivity contribution < 1.29 is 19.1 Å². The lowest BCUT2D eigenvalue weighted by Crippen LogP contribution is -2.41. The van der Waals surface area contributed by atoms with Gasteiger partial charge < -0.3 is 14.4 Å². The highest BCUT2D eigenvalue weighted by Crippen LogP contribution is 2.36. The van der Waals surface area contributed by atoms with Crippen LogP contribution in [-0.2, 0) is 14.3 Å². The van der Waals surface area contributed by atoms with E-state index < -0.39 is 12.0 Å². The minimum absolute atomic E-state index is 0.188. The SMILES string of the molecule is CCCCN1C(=O)/C(=c2/sc3n(c2=O)C(c2ccc(OC)cc2)C(C(=O)OCC)=C(C)N=3)c2ccccc21. The molecule has 3 heterocycles. The standard InChI is InChI=1S/C29H29N3O5S/c1-5-7-16-31-21-11-9-8-10-20(21)23(26(31)33)25-27(34)32-24(18-12-14-19(36-4)15-13-18)22(28(35)37-6-2)17(3)30-29(32)38-25/h8-15,24H,5-7,16H2,1-4H3/b25-23+. The van der Waals surface area contributed by atoms with E-state index in [4.69, 9.17) is 9.47 Å². The summed E-state index contributed by atoms with van der Waals surface area (Å²) < 4.78 is 12.5. The van der Waals surface area contributed by atoms with E-state index in [9.17, 15) is 14.4 Å². The van der Waals surface area contributed by atoms with Crippen molar-refractivity contribution in [1.29, 1.82) is 0 Å². The molecule has 0 radical (unpaired) electrons. The summed E-state index contributed by atoms with van der Waals surface area (Å²) in [7, 11) is 1.58. The highest BCUT2D eigenvalue weighted by Gasteiger charge is 2.37. The van der Waals surface area contributed by atoms with E-state index in [1.54, 1.807) is 38.0 Å². The number of benzene rings is 2. The van der Waals surface area contributed by atoms with Crippen LogP contribution in [0.2, 0.25) is 0 Å². The second-order valence-electron chi connectivity index (χ2n) is 9.10. The van der Waals surface area contributed by atoms with Gasteiger partial charge in [0.15, 0.2) is 4.80 Å². The predicted molar refractivity (Wildman–Crippen MR) is 146 cm³/mol. The fourth-order valence-electron chi connectivity index (χ4n) is 4.98. The number of esters is 1. The molecule has 0 spiro atoms. The largest absolute Gasteiger partial charge is 0.497 e. The van der Waals surface area contributed by atoms with Gasteiger partial charge in [-0.25, -0.2) is 9.79 Å². The van der Waals surface area contributed by atoms with Crippen LogP contribution in [0.4, 0.5) is 5.69 Å². The lowest BCUT2D eigenvalue weighted by Gasteiger charge is -2.24. The second-order valence-corrected chi connectivity index (χ2v) is 10.1. The number of hydrogen-bond acceptors (Lipinski definition) is 7. The number of ether oxygens (including phenoxy) is 2. The first-order valence-electron chi connectivity index (χ1n) is 12.7. The Balaban J connectivity index is 1.77. The number of unbranched alkanes of at least 4 members (excludes halogenated alkanes) is 1. The highest BCUT2D eigenvalue weighted by molar-refractivity contribution is 7.07. The number of carbonyl (C=O) groups excluding carboxylic acids is 2. The Morgan fingerprint density at radius 3 is 2.50 bits per heavy atom. The maximum Gasteiger partial charge on any atom is 0.338 e. The topological polar surface area (TPSA) is 90.2 Å². The summed E-state index contributed by atoms with van der Waals surface area (Å²) in [4.78, 5) is 47.8. The molecule has 0 N–H and O–H groups in total. The van der Waals surface area contributed by atoms with Gasteiger partial charge in [0.05, 0.1) is 42.3 Å². The van der Waals surface area contributed by atoms with Crippen molar-refractivity contribution in [3.63, 3.8) is 0 Å². The first-order chi connectivity index (χ1) is 18.4. The van der Waals surface area contributed by atoms with Gasteiger partial charge in [-0.15, -0.1) is 0 Å². The van der Waals surface area contributed by atoms with E-state index in [-0.39, 0.29) is 18.1 Å². The van der Waals surface area contributed by atoms with Crippen LogP contribution in [0.15, 0.2) is 69.6 Å². The minimum atomic E-state index is -0.756. The van der Waals surface area contributed by atoms with Gasteiger partial charge in [0.1, 0.15) is 10.3 Å². The zero-order chi connectivity index (χ0) is 27.0. The molecular formula is C29H29N3O5S. The third-order valence-electron chi connectivity index (χ3n) is 6.81. The summed E-state index contributed by atoms with van der Waals surface area (Å²) in [6.45, 7) is 6.33. The van der Waals surface area contributed by atoms with Crippen molar-refractivity contribution in [2.75, 3.05) is 25.2 Å². The number of fused-ring (bicyclic) bond motifs is 2. The van der Waals surface area contributed by atoms with E-state index in [0.29, 0.717) is 44.0 Å². The lowest BCUT2D eigenvalue weighted by atomic mass is 9.96. The molecule has 8 nitrogen and oxygen atoms in total. The van der Waals surface area contributed by atoms with Crippen LogP contribution in [0.3, 0.4) is 0 Å². The number of nitrogens with zero attached hydrogens (tertiary/aromatic N) is 3. The van der Waals surface area contributed by atoms with Crippen LogP contribution in [0.1, 0.15) is 50.8 Å². The highest BCUT2D eigenvalue weighted by atomic mass is 32.1. The van der Waals surface area contributed by atoms with E-state index >= 15 is 0 Å². The van der Waals surface area contributed by atoms with Gasteiger partial charge >= 0.3 is 5.97 Å². The van der Waals surface area contributed by atoms with Crippen LogP contribution >= 0.6 is 11.3 Å². The quantitative estimate of drug-likeness (QED) is 0.437. The first kappa shape index (κ1) is 25.7. The number of hydrogen-bond donors (Lipinski definition) is 0. The predicted octanol–water partition coefficient (Wildman–Crippen LogP) is 3.32. The van der Waals surface area contributed by atoms with Crippen molar-refractivity contribution >= 4 is 34.5 Å². The Bertz CT molecular complexity index is 1630. The first-order valence-corrected chi connectivity index (χ1v) is 13.5. The maximum absolute atomic E-state index is 14.1. The summed E-state index contributed by atoms with van der Waals surface area (Å²) >= 11 is 1.18. The van der Waals surface area contributed by atoms with Gasteiger partial charge in [0.25, 0.3) is 11.5 Å². The molecule has 5 rings (SSSR count). The van der Waals surface area contributed by atoms with Gasteiger partial charge in [-0.05, 0) is 44.0 Å². The van der Waals surface area contributed by atoms with Gasteiger partial charge in [0.2, 0.25) is 0 Å². The van der Waals surface area contributed by atoms with E-state index in [0.717, 1.165) is 24.1 Å². The number of aromatic nitrogens is 1. The molecule has 196 valence electrons.